The van der Waals surface area contributed by atoms with E-state index in [-0.39, 0.29) is 29.9 Å². The Bertz CT molecular complexity index is 863. The third-order valence-electron chi connectivity index (χ3n) is 5.37. The van der Waals surface area contributed by atoms with Crippen molar-refractivity contribution in [3.05, 3.63) is 64.7 Å². The van der Waals surface area contributed by atoms with Gasteiger partial charge in [0, 0.05) is 25.2 Å². The van der Waals surface area contributed by atoms with Gasteiger partial charge >= 0.3 is 0 Å². The molecule has 5 nitrogen and oxygen atoms in total. The van der Waals surface area contributed by atoms with Crippen LogP contribution in [-0.2, 0) is 30.7 Å². The number of rotatable bonds is 5. The molecule has 0 aromatic heterocycles. The van der Waals surface area contributed by atoms with Crippen LogP contribution in [0.15, 0.2) is 47.5 Å². The number of hydrogen-bond acceptors (Lipinski definition) is 2. The molecule has 2 aliphatic rings. The maximum atomic E-state index is 11.7. The van der Waals surface area contributed by atoms with Gasteiger partial charge in [0.15, 0.2) is 5.96 Å². The largest absolute Gasteiger partial charge is 0.370 e. The normalized spacial score (nSPS) is 16.1. The Morgan fingerprint density at radius 3 is 2.50 bits per heavy atom. The first-order valence-corrected chi connectivity index (χ1v) is 9.72. The fourth-order valence-corrected chi connectivity index (χ4v) is 3.86. The first-order chi connectivity index (χ1) is 13.2. The van der Waals surface area contributed by atoms with Crippen molar-refractivity contribution in [2.24, 2.45) is 10.7 Å². The van der Waals surface area contributed by atoms with Crippen molar-refractivity contribution in [2.45, 2.75) is 45.2 Å². The summed E-state index contributed by atoms with van der Waals surface area (Å²) in [5.74, 6) is 0.689. The van der Waals surface area contributed by atoms with Gasteiger partial charge in [0.05, 0.1) is 6.54 Å². The van der Waals surface area contributed by atoms with E-state index in [1.807, 2.05) is 4.90 Å². The Labute approximate surface area is 183 Å². The summed E-state index contributed by atoms with van der Waals surface area (Å²) in [7, 11) is 0. The quantitative estimate of drug-likeness (QED) is 0.380. The van der Waals surface area contributed by atoms with E-state index in [0.717, 1.165) is 36.2 Å². The minimum absolute atomic E-state index is 0. The van der Waals surface area contributed by atoms with Gasteiger partial charge in [-0.1, -0.05) is 30.3 Å². The number of anilines is 1. The average molecular weight is 490 g/mol. The number of hydrogen-bond donors (Lipinski definition) is 2. The first-order valence-electron chi connectivity index (χ1n) is 9.72. The van der Waals surface area contributed by atoms with Crippen molar-refractivity contribution in [1.29, 1.82) is 0 Å². The van der Waals surface area contributed by atoms with Crippen LogP contribution in [0.25, 0.3) is 0 Å². The van der Waals surface area contributed by atoms with E-state index in [9.17, 15) is 4.79 Å². The highest BCUT2D eigenvalue weighted by molar-refractivity contribution is 14.0. The number of amides is 1. The predicted octanol–water partition coefficient (Wildman–Crippen LogP) is 3.84. The Balaban J connectivity index is 0.00000225. The van der Waals surface area contributed by atoms with Crippen molar-refractivity contribution in [2.75, 3.05) is 11.9 Å². The lowest BCUT2D eigenvalue weighted by Crippen LogP contribution is -2.23. The van der Waals surface area contributed by atoms with Gasteiger partial charge in [0.1, 0.15) is 0 Å². The molecule has 1 aliphatic carbocycles. The van der Waals surface area contributed by atoms with E-state index < -0.39 is 0 Å². The van der Waals surface area contributed by atoms with Crippen LogP contribution in [0.4, 0.5) is 5.69 Å². The van der Waals surface area contributed by atoms with Gasteiger partial charge in [-0.15, -0.1) is 24.0 Å². The summed E-state index contributed by atoms with van der Waals surface area (Å²) in [6.07, 6.45) is 5.23. The molecule has 2 aromatic carbocycles. The molecule has 2 aromatic rings. The molecule has 0 bridgehead atoms. The van der Waals surface area contributed by atoms with Gasteiger partial charge in [-0.05, 0) is 60.1 Å². The summed E-state index contributed by atoms with van der Waals surface area (Å²) in [4.78, 5) is 18.1. The number of likely N-dealkylation sites (tertiary alicyclic amines) is 1. The number of benzene rings is 2. The number of nitrogens with two attached hydrogens (primary N) is 1. The maximum Gasteiger partial charge on any atom is 0.222 e. The third kappa shape index (κ3) is 5.04. The fraction of sp³-hybridized carbons (Fsp3) is 0.364. The second-order valence-corrected chi connectivity index (χ2v) is 7.40. The van der Waals surface area contributed by atoms with Crippen LogP contribution in [0.2, 0.25) is 0 Å². The number of carbonyl (C=O) groups is 1. The molecular formula is C22H27IN4O. The van der Waals surface area contributed by atoms with E-state index in [0.29, 0.717) is 25.5 Å². The zero-order valence-electron chi connectivity index (χ0n) is 16.0. The van der Waals surface area contributed by atoms with Crippen molar-refractivity contribution >= 4 is 41.5 Å². The molecule has 1 aliphatic heterocycles. The average Bonchev–Trinajstić information content (AvgIpc) is 3.30. The van der Waals surface area contributed by atoms with Crippen LogP contribution < -0.4 is 11.1 Å². The zero-order valence-corrected chi connectivity index (χ0v) is 18.3. The van der Waals surface area contributed by atoms with Crippen LogP contribution >= 0.6 is 24.0 Å². The van der Waals surface area contributed by atoms with Gasteiger partial charge in [-0.3, -0.25) is 4.79 Å². The van der Waals surface area contributed by atoms with Crippen molar-refractivity contribution < 1.29 is 4.79 Å². The number of nitrogens with one attached hydrogen (secondary N) is 1. The Morgan fingerprint density at radius 2 is 1.75 bits per heavy atom. The number of fused-ring (bicyclic) bond motifs is 1. The first kappa shape index (κ1) is 20.6. The highest BCUT2D eigenvalue weighted by Crippen LogP contribution is 2.24. The van der Waals surface area contributed by atoms with Gasteiger partial charge in [-0.25, -0.2) is 4.99 Å². The van der Waals surface area contributed by atoms with Crippen molar-refractivity contribution in [3.63, 3.8) is 0 Å². The minimum Gasteiger partial charge on any atom is -0.370 e. The summed E-state index contributed by atoms with van der Waals surface area (Å²) in [5, 5.41) is 3.19. The van der Waals surface area contributed by atoms with Gasteiger partial charge < -0.3 is 16.0 Å². The van der Waals surface area contributed by atoms with Gasteiger partial charge in [-0.2, -0.15) is 0 Å². The molecule has 148 valence electrons. The molecule has 28 heavy (non-hydrogen) atoms. The maximum absolute atomic E-state index is 11.7. The van der Waals surface area contributed by atoms with Crippen LogP contribution in [-0.4, -0.2) is 23.3 Å². The SMILES string of the molecule is I.NC(=NCc1ccc(CN2CCCC2=O)cc1)Nc1ccc2c(c1)CCC2. The van der Waals surface area contributed by atoms with E-state index in [1.165, 1.54) is 24.0 Å². The Hall–Kier alpha value is -2.09. The molecule has 3 N–H and O–H groups in total. The lowest BCUT2D eigenvalue weighted by Gasteiger charge is -2.15. The summed E-state index contributed by atoms with van der Waals surface area (Å²) in [6, 6.07) is 14.7. The van der Waals surface area contributed by atoms with E-state index in [2.05, 4.69) is 52.8 Å². The van der Waals surface area contributed by atoms with Gasteiger partial charge in [0.2, 0.25) is 5.91 Å². The number of guanidine groups is 1. The Morgan fingerprint density at radius 1 is 1.00 bits per heavy atom. The van der Waals surface area contributed by atoms with Crippen LogP contribution in [0.3, 0.4) is 0 Å². The van der Waals surface area contributed by atoms with Crippen LogP contribution in [0, 0.1) is 0 Å². The molecule has 1 fully saturated rings. The van der Waals surface area contributed by atoms with E-state index in [4.69, 9.17) is 5.73 Å². The minimum atomic E-state index is 0. The number of nitrogens with zero attached hydrogens (tertiary/aromatic N) is 2. The molecule has 0 spiro atoms. The lowest BCUT2D eigenvalue weighted by molar-refractivity contribution is -0.128. The molecule has 4 rings (SSSR count). The molecule has 0 atom stereocenters. The lowest BCUT2D eigenvalue weighted by atomic mass is 10.1. The predicted molar refractivity (Wildman–Crippen MR) is 124 cm³/mol. The summed E-state index contributed by atoms with van der Waals surface area (Å²) in [5.41, 5.74) is 12.2. The highest BCUT2D eigenvalue weighted by atomic mass is 127. The smallest absolute Gasteiger partial charge is 0.222 e. The molecular weight excluding hydrogens is 463 g/mol. The second-order valence-electron chi connectivity index (χ2n) is 7.40. The number of carbonyl (C=O) groups excluding carboxylic acids is 1. The topological polar surface area (TPSA) is 70.7 Å². The van der Waals surface area contributed by atoms with Crippen LogP contribution in [0.5, 0.6) is 0 Å². The molecule has 1 heterocycles. The second kappa shape index (κ2) is 9.41. The molecule has 1 amide bonds. The fourth-order valence-electron chi connectivity index (χ4n) is 3.86. The summed E-state index contributed by atoms with van der Waals surface area (Å²) < 4.78 is 0. The molecule has 1 saturated heterocycles. The third-order valence-corrected chi connectivity index (χ3v) is 5.37. The number of aliphatic imine (C=N–C) groups is 1. The highest BCUT2D eigenvalue weighted by Gasteiger charge is 2.19. The zero-order chi connectivity index (χ0) is 18.6. The summed E-state index contributed by atoms with van der Waals surface area (Å²) in [6.45, 7) is 2.10. The standard InChI is InChI=1S/C22H26N4O.HI/c23-22(25-20-11-10-18-3-1-4-19(18)13-20)24-14-16-6-8-17(9-7-16)15-26-12-2-5-21(26)27;/h6-11,13H,1-5,12,14-15H2,(H3,23,24,25);1H. The van der Waals surface area contributed by atoms with E-state index in [1.54, 1.807) is 0 Å². The number of halogens is 1. The molecule has 0 radical (unpaired) electrons. The van der Waals surface area contributed by atoms with Crippen LogP contribution in [0.1, 0.15) is 41.5 Å². The number of aryl methyl sites for hydroxylation is 2. The van der Waals surface area contributed by atoms with Crippen molar-refractivity contribution in [3.8, 4) is 0 Å². The Kier molecular flexibility index (Phi) is 6.93. The monoisotopic (exact) mass is 490 g/mol. The van der Waals surface area contributed by atoms with E-state index >= 15 is 0 Å². The van der Waals surface area contributed by atoms with Crippen molar-refractivity contribution in [1.82, 2.24) is 4.90 Å². The summed E-state index contributed by atoms with van der Waals surface area (Å²) >= 11 is 0. The molecule has 0 saturated carbocycles. The van der Waals surface area contributed by atoms with Gasteiger partial charge in [0.25, 0.3) is 0 Å². The molecule has 6 heteroatoms. The molecule has 0 unspecified atom stereocenters.